The Balaban J connectivity index is 1.65. The maximum atomic E-state index is 5.94. The Labute approximate surface area is 115 Å². The standard InChI is InChI=1S/C14H13ClN4/c15-11-3-4-12-13(6-11)19-14(18-12)9-17-8-10-2-1-5-16-7-10/h1-7,17H,8-9H2,(H,18,19). The number of pyridine rings is 1. The van der Waals surface area contributed by atoms with Crippen LogP contribution in [0.2, 0.25) is 5.02 Å². The van der Waals surface area contributed by atoms with Crippen LogP contribution < -0.4 is 5.32 Å². The summed E-state index contributed by atoms with van der Waals surface area (Å²) in [5.74, 6) is 0.904. The molecule has 0 unspecified atom stereocenters. The topological polar surface area (TPSA) is 53.6 Å². The molecule has 0 spiro atoms. The highest BCUT2D eigenvalue weighted by atomic mass is 35.5. The van der Waals surface area contributed by atoms with E-state index < -0.39 is 0 Å². The Bertz CT molecular complexity index is 678. The van der Waals surface area contributed by atoms with Crippen LogP contribution >= 0.6 is 11.6 Å². The number of aromatic nitrogens is 3. The fourth-order valence-electron chi connectivity index (χ4n) is 1.95. The SMILES string of the molecule is Clc1ccc2nc(CNCc3cccnc3)[nH]c2c1. The van der Waals surface area contributed by atoms with Crippen molar-refractivity contribution in [1.82, 2.24) is 20.3 Å². The first kappa shape index (κ1) is 12.1. The first-order chi connectivity index (χ1) is 9.31. The number of hydrogen-bond acceptors (Lipinski definition) is 3. The van der Waals surface area contributed by atoms with E-state index in [0.717, 1.165) is 29.0 Å². The van der Waals surface area contributed by atoms with Crippen LogP contribution in [0, 0.1) is 0 Å². The molecule has 0 aliphatic heterocycles. The predicted molar refractivity (Wildman–Crippen MR) is 75.9 cm³/mol. The van der Waals surface area contributed by atoms with Crippen LogP contribution in [0.1, 0.15) is 11.4 Å². The lowest BCUT2D eigenvalue weighted by molar-refractivity contribution is 0.669. The summed E-state index contributed by atoms with van der Waals surface area (Å²) in [6, 6.07) is 9.61. The van der Waals surface area contributed by atoms with E-state index >= 15 is 0 Å². The van der Waals surface area contributed by atoms with Crippen molar-refractivity contribution >= 4 is 22.6 Å². The number of H-pyrrole nitrogens is 1. The highest BCUT2D eigenvalue weighted by molar-refractivity contribution is 6.31. The van der Waals surface area contributed by atoms with Gasteiger partial charge in [-0.05, 0) is 29.8 Å². The summed E-state index contributed by atoms with van der Waals surface area (Å²) in [5.41, 5.74) is 3.05. The van der Waals surface area contributed by atoms with Gasteiger partial charge in [0.25, 0.3) is 0 Å². The van der Waals surface area contributed by atoms with Crippen LogP contribution in [0.15, 0.2) is 42.7 Å². The van der Waals surface area contributed by atoms with Crippen LogP contribution in [0.4, 0.5) is 0 Å². The largest absolute Gasteiger partial charge is 0.341 e. The van der Waals surface area contributed by atoms with Crippen molar-refractivity contribution in [2.45, 2.75) is 13.1 Å². The van der Waals surface area contributed by atoms with E-state index in [0.29, 0.717) is 11.6 Å². The van der Waals surface area contributed by atoms with E-state index in [1.54, 1.807) is 6.20 Å². The second-order valence-electron chi connectivity index (χ2n) is 4.31. The number of rotatable bonds is 4. The van der Waals surface area contributed by atoms with Gasteiger partial charge in [-0.1, -0.05) is 17.7 Å². The van der Waals surface area contributed by atoms with Crippen molar-refractivity contribution in [2.24, 2.45) is 0 Å². The van der Waals surface area contributed by atoms with Crippen LogP contribution in [-0.2, 0) is 13.1 Å². The average Bonchev–Trinajstić information content (AvgIpc) is 2.82. The molecule has 2 aromatic heterocycles. The molecule has 4 nitrogen and oxygen atoms in total. The first-order valence-electron chi connectivity index (χ1n) is 6.05. The minimum Gasteiger partial charge on any atom is -0.341 e. The molecule has 0 saturated heterocycles. The highest BCUT2D eigenvalue weighted by Gasteiger charge is 2.02. The Morgan fingerprint density at radius 3 is 3.00 bits per heavy atom. The highest BCUT2D eigenvalue weighted by Crippen LogP contribution is 2.17. The minimum atomic E-state index is 0.682. The molecule has 0 aliphatic rings. The number of benzene rings is 1. The summed E-state index contributed by atoms with van der Waals surface area (Å²) < 4.78 is 0. The second kappa shape index (κ2) is 5.38. The number of fused-ring (bicyclic) bond motifs is 1. The number of aromatic amines is 1. The third-order valence-electron chi connectivity index (χ3n) is 2.84. The summed E-state index contributed by atoms with van der Waals surface area (Å²) in [4.78, 5) is 11.8. The molecular weight excluding hydrogens is 260 g/mol. The van der Waals surface area contributed by atoms with E-state index in [1.807, 2.05) is 36.5 Å². The third-order valence-corrected chi connectivity index (χ3v) is 3.07. The Hall–Kier alpha value is -1.91. The summed E-state index contributed by atoms with van der Waals surface area (Å²) in [5, 5.41) is 4.04. The van der Waals surface area contributed by atoms with Gasteiger partial charge in [-0.15, -0.1) is 0 Å². The molecule has 2 N–H and O–H groups in total. The van der Waals surface area contributed by atoms with Gasteiger partial charge in [-0.2, -0.15) is 0 Å². The number of halogens is 1. The van der Waals surface area contributed by atoms with Crippen molar-refractivity contribution in [3.05, 3.63) is 59.1 Å². The number of nitrogens with zero attached hydrogens (tertiary/aromatic N) is 2. The Morgan fingerprint density at radius 1 is 1.21 bits per heavy atom. The molecule has 3 aromatic rings. The monoisotopic (exact) mass is 272 g/mol. The van der Waals surface area contributed by atoms with Gasteiger partial charge in [0.05, 0.1) is 17.6 Å². The number of hydrogen-bond donors (Lipinski definition) is 2. The van der Waals surface area contributed by atoms with E-state index in [1.165, 1.54) is 0 Å². The van der Waals surface area contributed by atoms with Gasteiger partial charge in [0.1, 0.15) is 5.82 Å². The summed E-state index contributed by atoms with van der Waals surface area (Å²) >= 11 is 5.94. The maximum Gasteiger partial charge on any atom is 0.121 e. The number of nitrogens with one attached hydrogen (secondary N) is 2. The lowest BCUT2D eigenvalue weighted by Gasteiger charge is -2.01. The molecule has 2 heterocycles. The maximum absolute atomic E-state index is 5.94. The zero-order chi connectivity index (χ0) is 13.1. The molecule has 96 valence electrons. The van der Waals surface area contributed by atoms with Gasteiger partial charge in [0, 0.05) is 24.0 Å². The van der Waals surface area contributed by atoms with E-state index in [4.69, 9.17) is 11.6 Å². The lowest BCUT2D eigenvalue weighted by Crippen LogP contribution is -2.13. The summed E-state index contributed by atoms with van der Waals surface area (Å²) in [6.45, 7) is 1.45. The minimum absolute atomic E-state index is 0.682. The number of imidazole rings is 1. The molecule has 1 aromatic carbocycles. The molecule has 0 amide bonds. The van der Waals surface area contributed by atoms with Crippen molar-refractivity contribution < 1.29 is 0 Å². The molecule has 5 heteroatoms. The molecule has 0 fully saturated rings. The molecule has 3 rings (SSSR count). The zero-order valence-corrected chi connectivity index (χ0v) is 11.0. The molecule has 0 atom stereocenters. The smallest absolute Gasteiger partial charge is 0.121 e. The fraction of sp³-hybridized carbons (Fsp3) is 0.143. The molecule has 19 heavy (non-hydrogen) atoms. The zero-order valence-electron chi connectivity index (χ0n) is 10.2. The molecule has 0 bridgehead atoms. The van der Waals surface area contributed by atoms with Gasteiger partial charge in [-0.3, -0.25) is 4.98 Å². The van der Waals surface area contributed by atoms with Gasteiger partial charge >= 0.3 is 0 Å². The molecular formula is C14H13ClN4. The normalized spacial score (nSPS) is 11.0. The van der Waals surface area contributed by atoms with Crippen molar-refractivity contribution in [3.63, 3.8) is 0 Å². The fourth-order valence-corrected chi connectivity index (χ4v) is 2.12. The Kier molecular flexibility index (Phi) is 3.44. The average molecular weight is 273 g/mol. The van der Waals surface area contributed by atoms with E-state index in [2.05, 4.69) is 20.3 Å². The van der Waals surface area contributed by atoms with Gasteiger partial charge in [-0.25, -0.2) is 4.98 Å². The predicted octanol–water partition coefficient (Wildman–Crippen LogP) is 2.90. The van der Waals surface area contributed by atoms with Crippen LogP contribution in [0.5, 0.6) is 0 Å². The summed E-state index contributed by atoms with van der Waals surface area (Å²) in [6.07, 6.45) is 3.62. The van der Waals surface area contributed by atoms with Gasteiger partial charge in [0.2, 0.25) is 0 Å². The van der Waals surface area contributed by atoms with E-state index in [-0.39, 0.29) is 0 Å². The van der Waals surface area contributed by atoms with Gasteiger partial charge < -0.3 is 10.3 Å². The van der Waals surface area contributed by atoms with E-state index in [9.17, 15) is 0 Å². The lowest BCUT2D eigenvalue weighted by atomic mass is 10.3. The van der Waals surface area contributed by atoms with Crippen LogP contribution in [0.25, 0.3) is 11.0 Å². The quantitative estimate of drug-likeness (QED) is 0.768. The van der Waals surface area contributed by atoms with Crippen LogP contribution in [0.3, 0.4) is 0 Å². The molecule has 0 aliphatic carbocycles. The van der Waals surface area contributed by atoms with Crippen molar-refractivity contribution in [1.29, 1.82) is 0 Å². The first-order valence-corrected chi connectivity index (χ1v) is 6.43. The Morgan fingerprint density at radius 2 is 2.16 bits per heavy atom. The third kappa shape index (κ3) is 2.92. The van der Waals surface area contributed by atoms with Gasteiger partial charge in [0.15, 0.2) is 0 Å². The molecule has 0 radical (unpaired) electrons. The molecule has 0 saturated carbocycles. The van der Waals surface area contributed by atoms with Crippen molar-refractivity contribution in [3.8, 4) is 0 Å². The van der Waals surface area contributed by atoms with Crippen LogP contribution in [-0.4, -0.2) is 15.0 Å². The van der Waals surface area contributed by atoms with Crippen molar-refractivity contribution in [2.75, 3.05) is 0 Å². The summed E-state index contributed by atoms with van der Waals surface area (Å²) in [7, 11) is 0. The second-order valence-corrected chi connectivity index (χ2v) is 4.75.